The van der Waals surface area contributed by atoms with Gasteiger partial charge in [-0.25, -0.2) is 4.98 Å². The van der Waals surface area contributed by atoms with E-state index >= 15 is 0 Å². The van der Waals surface area contributed by atoms with Gasteiger partial charge in [0.1, 0.15) is 5.82 Å². The van der Waals surface area contributed by atoms with Crippen LogP contribution in [0.3, 0.4) is 0 Å². The predicted molar refractivity (Wildman–Crippen MR) is 203 cm³/mol. The number of thioether (sulfide) groups is 1. The number of hydrogen-bond acceptors (Lipinski definition) is 9. The van der Waals surface area contributed by atoms with E-state index in [1.165, 1.54) is 23.7 Å². The summed E-state index contributed by atoms with van der Waals surface area (Å²) in [5.74, 6) is 0.189. The molecule has 290 valence electrons. The van der Waals surface area contributed by atoms with Gasteiger partial charge in [0.15, 0.2) is 11.5 Å². The first-order valence-electron chi connectivity index (χ1n) is 17.8. The van der Waals surface area contributed by atoms with Gasteiger partial charge in [0.25, 0.3) is 17.3 Å². The number of fused-ring (bicyclic) bond motifs is 1. The van der Waals surface area contributed by atoms with E-state index in [1.807, 2.05) is 59.1 Å². The number of aromatic nitrogens is 2. The van der Waals surface area contributed by atoms with E-state index in [4.69, 9.17) is 19.2 Å². The fraction of sp³-hybridized carbons (Fsp3) is 0.553. The van der Waals surface area contributed by atoms with E-state index in [0.717, 1.165) is 22.0 Å². The summed E-state index contributed by atoms with van der Waals surface area (Å²) < 4.78 is 58.6. The Morgan fingerprint density at radius 2 is 1.75 bits per heavy atom. The SMILES string of the molecule is CSc1cc(C)[nH]c(=O)c1CNC(=O)c1cc(-c2ccc(N3C[C@@H](C)O[C@@H](C)C3)nc2)c2c(c1C)OC(C)(C1CCC(N(C)CC(F)(F)F)CC1)O2.Cl. The summed E-state index contributed by atoms with van der Waals surface area (Å²) in [4.78, 5) is 38.7. The third kappa shape index (κ3) is 8.92. The number of aryl methyl sites for hydroxylation is 1. The van der Waals surface area contributed by atoms with Crippen molar-refractivity contribution in [2.75, 3.05) is 37.8 Å². The van der Waals surface area contributed by atoms with Gasteiger partial charge in [-0.3, -0.25) is 14.5 Å². The standard InChI is InChI=1S/C38H48F3N5O5S.ClH/c1-21-14-31(52-7)30(36(48)44-21)17-43-35(47)28-15-29(25-8-13-32(42-16-25)46-18-22(2)49-23(3)19-46)34-33(24(28)4)50-37(5,51-34)26-9-11-27(12-10-26)45(6)20-38(39,40)41;/h8,13-16,22-23,26-27H,9-12,17-20H2,1-7H3,(H,43,47)(H,44,48);1H/t22-,23+,26?,27?,37?;. The Kier molecular flexibility index (Phi) is 12.4. The average molecular weight is 780 g/mol. The van der Waals surface area contributed by atoms with Crippen LogP contribution in [0, 0.1) is 19.8 Å². The van der Waals surface area contributed by atoms with Crippen LogP contribution in [0.5, 0.6) is 11.5 Å². The molecule has 1 aliphatic carbocycles. The highest BCUT2D eigenvalue weighted by Gasteiger charge is 2.48. The first-order valence-corrected chi connectivity index (χ1v) is 19.0. The Balaban J connectivity index is 0.00000541. The van der Waals surface area contributed by atoms with Crippen molar-refractivity contribution in [3.63, 3.8) is 0 Å². The zero-order valence-electron chi connectivity index (χ0n) is 31.2. The molecular formula is C38H49ClF3N5O5S. The first kappa shape index (κ1) is 40.7. The Bertz CT molecular complexity index is 1840. The normalized spacial score (nSPS) is 24.2. The molecule has 1 amide bonds. The second kappa shape index (κ2) is 16.1. The number of carbonyl (C=O) groups is 1. The minimum atomic E-state index is -4.26. The van der Waals surface area contributed by atoms with E-state index in [-0.39, 0.29) is 54.6 Å². The minimum Gasteiger partial charge on any atom is -0.448 e. The van der Waals surface area contributed by atoms with Crippen LogP contribution in [-0.2, 0) is 11.3 Å². The van der Waals surface area contributed by atoms with Crippen molar-refractivity contribution in [2.24, 2.45) is 5.92 Å². The summed E-state index contributed by atoms with van der Waals surface area (Å²) in [7, 11) is 1.53. The highest BCUT2D eigenvalue weighted by Crippen LogP contribution is 2.53. The van der Waals surface area contributed by atoms with Crippen molar-refractivity contribution in [1.82, 2.24) is 20.2 Å². The summed E-state index contributed by atoms with van der Waals surface area (Å²) in [6.07, 6.45) is 1.93. The van der Waals surface area contributed by atoms with E-state index in [1.54, 1.807) is 12.3 Å². The van der Waals surface area contributed by atoms with Crippen LogP contribution in [0.4, 0.5) is 19.0 Å². The van der Waals surface area contributed by atoms with E-state index in [9.17, 15) is 22.8 Å². The van der Waals surface area contributed by atoms with Crippen LogP contribution in [0.25, 0.3) is 11.1 Å². The molecule has 15 heteroatoms. The number of alkyl halides is 3. The highest BCUT2D eigenvalue weighted by molar-refractivity contribution is 7.98. The van der Waals surface area contributed by atoms with Crippen molar-refractivity contribution in [2.45, 2.75) is 102 Å². The van der Waals surface area contributed by atoms with Gasteiger partial charge in [0.05, 0.1) is 18.8 Å². The summed E-state index contributed by atoms with van der Waals surface area (Å²) in [6.45, 7) is 10.1. The van der Waals surface area contributed by atoms with Crippen molar-refractivity contribution in [3.05, 3.63) is 63.2 Å². The Labute approximate surface area is 319 Å². The summed E-state index contributed by atoms with van der Waals surface area (Å²) in [5.41, 5.74) is 3.28. The second-order valence-corrected chi connectivity index (χ2v) is 15.4. The van der Waals surface area contributed by atoms with Gasteiger partial charge in [0, 0.05) is 83.1 Å². The number of nitrogens with one attached hydrogen (secondary N) is 2. The number of aromatic amines is 1. The second-order valence-electron chi connectivity index (χ2n) is 14.6. The van der Waals surface area contributed by atoms with Gasteiger partial charge in [-0.2, -0.15) is 13.2 Å². The quantitative estimate of drug-likeness (QED) is 0.217. The van der Waals surface area contributed by atoms with Crippen molar-refractivity contribution < 1.29 is 32.2 Å². The molecule has 2 aliphatic heterocycles. The van der Waals surface area contributed by atoms with E-state index < -0.39 is 18.5 Å². The lowest BCUT2D eigenvalue weighted by Gasteiger charge is -2.40. The summed E-state index contributed by atoms with van der Waals surface area (Å²) in [5, 5.41) is 2.95. The van der Waals surface area contributed by atoms with Crippen LogP contribution < -0.4 is 25.2 Å². The number of morpholine rings is 1. The molecule has 3 aliphatic rings. The number of ether oxygens (including phenoxy) is 3. The molecule has 2 N–H and O–H groups in total. The van der Waals surface area contributed by atoms with Crippen molar-refractivity contribution in [3.8, 4) is 22.6 Å². The molecule has 1 saturated carbocycles. The molecule has 3 atom stereocenters. The number of amides is 1. The number of benzene rings is 1. The highest BCUT2D eigenvalue weighted by atomic mass is 35.5. The predicted octanol–water partition coefficient (Wildman–Crippen LogP) is 7.28. The fourth-order valence-corrected chi connectivity index (χ4v) is 8.56. The molecule has 0 radical (unpaired) electrons. The lowest BCUT2D eigenvalue weighted by Crippen LogP contribution is -2.48. The molecule has 0 bridgehead atoms. The fourth-order valence-electron chi connectivity index (χ4n) is 7.85. The molecule has 0 spiro atoms. The van der Waals surface area contributed by atoms with Gasteiger partial charge < -0.3 is 29.4 Å². The van der Waals surface area contributed by atoms with Crippen LogP contribution in [0.1, 0.15) is 73.6 Å². The number of nitrogens with zero attached hydrogens (tertiary/aromatic N) is 3. The lowest BCUT2D eigenvalue weighted by molar-refractivity contribution is -0.153. The Morgan fingerprint density at radius 1 is 1.09 bits per heavy atom. The van der Waals surface area contributed by atoms with Gasteiger partial charge >= 0.3 is 6.18 Å². The van der Waals surface area contributed by atoms with Crippen LogP contribution in [0.15, 0.2) is 40.2 Å². The third-order valence-corrected chi connectivity index (χ3v) is 11.3. The largest absolute Gasteiger partial charge is 0.448 e. The molecule has 3 aromatic rings. The smallest absolute Gasteiger partial charge is 0.401 e. The minimum absolute atomic E-state index is 0. The third-order valence-electron chi connectivity index (χ3n) is 10.5. The number of carbonyl (C=O) groups excluding carboxylic acids is 1. The van der Waals surface area contributed by atoms with Crippen LogP contribution >= 0.6 is 24.2 Å². The zero-order valence-corrected chi connectivity index (χ0v) is 32.8. The number of anilines is 1. The molecule has 6 rings (SSSR count). The molecule has 4 heterocycles. The maximum atomic E-state index is 13.9. The average Bonchev–Trinajstić information content (AvgIpc) is 3.45. The molecule has 53 heavy (non-hydrogen) atoms. The van der Waals surface area contributed by atoms with Crippen LogP contribution in [0.2, 0.25) is 0 Å². The molecular weight excluding hydrogens is 731 g/mol. The van der Waals surface area contributed by atoms with Crippen LogP contribution in [-0.4, -0.2) is 83.9 Å². The molecule has 2 aromatic heterocycles. The Hall–Kier alpha value is -3.46. The first-order chi connectivity index (χ1) is 24.5. The van der Waals surface area contributed by atoms with E-state index in [0.29, 0.717) is 72.5 Å². The molecule has 10 nitrogen and oxygen atoms in total. The number of H-pyrrole nitrogens is 1. The molecule has 1 aromatic carbocycles. The maximum Gasteiger partial charge on any atom is 0.401 e. The van der Waals surface area contributed by atoms with E-state index in [2.05, 4.69) is 15.2 Å². The summed E-state index contributed by atoms with van der Waals surface area (Å²) >= 11 is 1.44. The van der Waals surface area contributed by atoms with Gasteiger partial charge in [0.2, 0.25) is 0 Å². The van der Waals surface area contributed by atoms with Gasteiger partial charge in [-0.1, -0.05) is 0 Å². The van der Waals surface area contributed by atoms with Crippen molar-refractivity contribution in [1.29, 1.82) is 0 Å². The monoisotopic (exact) mass is 779 g/mol. The number of hydrogen-bond donors (Lipinski definition) is 2. The maximum absolute atomic E-state index is 13.9. The molecule has 1 saturated heterocycles. The Morgan fingerprint density at radius 3 is 2.36 bits per heavy atom. The number of rotatable bonds is 9. The lowest BCUT2D eigenvalue weighted by atomic mass is 9.81. The molecule has 2 fully saturated rings. The number of halogens is 4. The summed E-state index contributed by atoms with van der Waals surface area (Å²) in [6, 6.07) is 7.39. The molecule has 1 unspecified atom stereocenters. The number of pyridine rings is 2. The zero-order chi connectivity index (χ0) is 37.5. The van der Waals surface area contributed by atoms with Gasteiger partial charge in [-0.15, -0.1) is 24.2 Å². The topological polar surface area (TPSA) is 109 Å². The van der Waals surface area contributed by atoms with Crippen molar-refractivity contribution >= 4 is 35.9 Å². The van der Waals surface area contributed by atoms with Gasteiger partial charge in [-0.05, 0) is 90.9 Å².